The van der Waals surface area contributed by atoms with E-state index in [1.165, 1.54) is 27.2 Å². The Hall–Kier alpha value is -2.41. The molecule has 1 N–H and O–H groups in total. The second-order valence-corrected chi connectivity index (χ2v) is 4.97. The van der Waals surface area contributed by atoms with Crippen LogP contribution in [0, 0.1) is 5.92 Å². The van der Waals surface area contributed by atoms with E-state index in [-0.39, 0.29) is 17.7 Å². The molecule has 0 bridgehead atoms. The second kappa shape index (κ2) is 6.15. The summed E-state index contributed by atoms with van der Waals surface area (Å²) in [5, 5.41) is 9.69. The van der Waals surface area contributed by atoms with E-state index < -0.39 is 29.8 Å². The van der Waals surface area contributed by atoms with Gasteiger partial charge in [0.05, 0.1) is 31.5 Å². The first-order chi connectivity index (χ1) is 10.4. The lowest BCUT2D eigenvalue weighted by atomic mass is 10.0. The van der Waals surface area contributed by atoms with E-state index in [1.807, 2.05) is 0 Å². The van der Waals surface area contributed by atoms with Crippen molar-refractivity contribution in [3.05, 3.63) is 29.3 Å². The first kappa shape index (κ1) is 16.0. The lowest BCUT2D eigenvalue weighted by molar-refractivity contribution is -0.149. The molecule has 2 atom stereocenters. The SMILES string of the molecule is COC(=O)[C@@H](CN1C(=O)c2cccc(OC)c2C1=O)[C@@H](C)O. The summed E-state index contributed by atoms with van der Waals surface area (Å²) < 4.78 is 9.71. The quantitative estimate of drug-likeness (QED) is 0.627. The fourth-order valence-electron chi connectivity index (χ4n) is 2.41. The molecule has 0 aliphatic carbocycles. The average Bonchev–Trinajstić information content (AvgIpc) is 2.75. The van der Waals surface area contributed by atoms with Gasteiger partial charge in [0.2, 0.25) is 0 Å². The molecule has 0 spiro atoms. The molecule has 22 heavy (non-hydrogen) atoms. The fourth-order valence-corrected chi connectivity index (χ4v) is 2.41. The molecule has 0 aromatic heterocycles. The number of rotatable bonds is 5. The first-order valence-corrected chi connectivity index (χ1v) is 6.71. The normalized spacial score (nSPS) is 16.3. The molecule has 0 radical (unpaired) electrons. The highest BCUT2D eigenvalue weighted by molar-refractivity contribution is 6.22. The molecule has 1 aliphatic heterocycles. The maximum absolute atomic E-state index is 12.4. The van der Waals surface area contributed by atoms with Gasteiger partial charge in [0.15, 0.2) is 0 Å². The van der Waals surface area contributed by atoms with Crippen LogP contribution in [0.2, 0.25) is 0 Å². The van der Waals surface area contributed by atoms with Crippen LogP contribution in [0.4, 0.5) is 0 Å². The number of carbonyl (C=O) groups is 3. The fraction of sp³-hybridized carbons (Fsp3) is 0.400. The number of amides is 2. The molecule has 0 unspecified atom stereocenters. The van der Waals surface area contributed by atoms with Crippen molar-refractivity contribution in [3.8, 4) is 5.75 Å². The lowest BCUT2D eigenvalue weighted by Crippen LogP contribution is -2.41. The van der Waals surface area contributed by atoms with E-state index >= 15 is 0 Å². The highest BCUT2D eigenvalue weighted by atomic mass is 16.5. The zero-order chi connectivity index (χ0) is 16.4. The third kappa shape index (κ3) is 2.55. The summed E-state index contributed by atoms with van der Waals surface area (Å²) in [7, 11) is 2.59. The minimum atomic E-state index is -1.06. The van der Waals surface area contributed by atoms with E-state index in [9.17, 15) is 19.5 Å². The van der Waals surface area contributed by atoms with Crippen LogP contribution >= 0.6 is 0 Å². The van der Waals surface area contributed by atoms with Gasteiger partial charge < -0.3 is 14.6 Å². The number of aliphatic hydroxyl groups excluding tert-OH is 1. The van der Waals surface area contributed by atoms with Gasteiger partial charge in [-0.05, 0) is 19.1 Å². The van der Waals surface area contributed by atoms with E-state index in [2.05, 4.69) is 4.74 Å². The van der Waals surface area contributed by atoms with Crippen molar-refractivity contribution in [2.24, 2.45) is 5.92 Å². The molecule has 0 saturated heterocycles. The van der Waals surface area contributed by atoms with Crippen molar-refractivity contribution >= 4 is 17.8 Å². The third-order valence-electron chi connectivity index (χ3n) is 3.65. The maximum Gasteiger partial charge on any atom is 0.313 e. The number of hydrogen-bond acceptors (Lipinski definition) is 6. The molecule has 2 rings (SSSR count). The summed E-state index contributed by atoms with van der Waals surface area (Å²) in [5.74, 6) is -2.46. The number of benzene rings is 1. The standard InChI is InChI=1S/C15H17NO6/c1-8(17)10(15(20)22-3)7-16-13(18)9-5-4-6-11(21-2)12(9)14(16)19/h4-6,8,10,17H,7H2,1-3H3/t8-,10+/m1/s1. The maximum atomic E-state index is 12.4. The largest absolute Gasteiger partial charge is 0.496 e. The summed E-state index contributed by atoms with van der Waals surface area (Å²) in [6, 6.07) is 4.71. The molecule has 0 fully saturated rings. The Labute approximate surface area is 127 Å². The Morgan fingerprint density at radius 3 is 2.50 bits per heavy atom. The average molecular weight is 307 g/mol. The minimum absolute atomic E-state index is 0.171. The molecule has 2 amide bonds. The predicted molar refractivity (Wildman–Crippen MR) is 75.5 cm³/mol. The molecule has 1 aromatic rings. The van der Waals surface area contributed by atoms with Gasteiger partial charge in [-0.1, -0.05) is 6.07 Å². The number of nitrogens with zero attached hydrogens (tertiary/aromatic N) is 1. The van der Waals surface area contributed by atoms with Crippen LogP contribution in [0.1, 0.15) is 27.6 Å². The van der Waals surface area contributed by atoms with Crippen molar-refractivity contribution in [1.82, 2.24) is 4.90 Å². The van der Waals surface area contributed by atoms with Crippen molar-refractivity contribution in [2.45, 2.75) is 13.0 Å². The van der Waals surface area contributed by atoms with Gasteiger partial charge in [-0.3, -0.25) is 19.3 Å². The summed E-state index contributed by atoms with van der Waals surface area (Å²) in [6.45, 7) is 1.15. The van der Waals surface area contributed by atoms with Crippen LogP contribution in [0.15, 0.2) is 18.2 Å². The summed E-state index contributed by atoms with van der Waals surface area (Å²) in [6.07, 6.45) is -1.06. The first-order valence-electron chi connectivity index (χ1n) is 6.71. The zero-order valence-electron chi connectivity index (χ0n) is 12.5. The number of fused-ring (bicyclic) bond motifs is 1. The third-order valence-corrected chi connectivity index (χ3v) is 3.65. The summed E-state index contributed by atoms with van der Waals surface area (Å²) in [5.41, 5.74) is 0.391. The number of imide groups is 1. The molecule has 7 nitrogen and oxygen atoms in total. The van der Waals surface area contributed by atoms with Gasteiger partial charge in [-0.25, -0.2) is 0 Å². The highest BCUT2D eigenvalue weighted by Gasteiger charge is 2.41. The lowest BCUT2D eigenvalue weighted by Gasteiger charge is -2.22. The molecule has 1 heterocycles. The Bertz CT molecular complexity index is 624. The van der Waals surface area contributed by atoms with Crippen LogP contribution in [0.3, 0.4) is 0 Å². The minimum Gasteiger partial charge on any atom is -0.496 e. The van der Waals surface area contributed by atoms with Gasteiger partial charge in [0, 0.05) is 6.54 Å². The Kier molecular flexibility index (Phi) is 4.46. The molecule has 7 heteroatoms. The topological polar surface area (TPSA) is 93.1 Å². The smallest absolute Gasteiger partial charge is 0.313 e. The van der Waals surface area contributed by atoms with Gasteiger partial charge >= 0.3 is 5.97 Å². The zero-order valence-corrected chi connectivity index (χ0v) is 12.5. The Balaban J connectivity index is 2.34. The summed E-state index contributed by atoms with van der Waals surface area (Å²) in [4.78, 5) is 37.4. The van der Waals surface area contributed by atoms with Crippen molar-refractivity contribution in [3.63, 3.8) is 0 Å². The number of methoxy groups -OCH3 is 2. The highest BCUT2D eigenvalue weighted by Crippen LogP contribution is 2.31. The van der Waals surface area contributed by atoms with Crippen LogP contribution in [-0.4, -0.2) is 54.7 Å². The number of carbonyl (C=O) groups excluding carboxylic acids is 3. The molecular weight excluding hydrogens is 290 g/mol. The Morgan fingerprint density at radius 2 is 1.95 bits per heavy atom. The molecule has 0 saturated carbocycles. The van der Waals surface area contributed by atoms with E-state index in [4.69, 9.17) is 4.74 Å². The summed E-state index contributed by atoms with van der Waals surface area (Å²) >= 11 is 0. The molecular formula is C15H17NO6. The van der Waals surface area contributed by atoms with E-state index in [0.717, 1.165) is 4.90 Å². The van der Waals surface area contributed by atoms with Gasteiger partial charge in [0.1, 0.15) is 11.7 Å². The Morgan fingerprint density at radius 1 is 1.27 bits per heavy atom. The van der Waals surface area contributed by atoms with Gasteiger partial charge in [-0.15, -0.1) is 0 Å². The van der Waals surface area contributed by atoms with Crippen LogP contribution in [-0.2, 0) is 9.53 Å². The van der Waals surface area contributed by atoms with Crippen molar-refractivity contribution < 1.29 is 29.0 Å². The number of ether oxygens (including phenoxy) is 2. The van der Waals surface area contributed by atoms with Crippen LogP contribution in [0.25, 0.3) is 0 Å². The monoisotopic (exact) mass is 307 g/mol. The van der Waals surface area contributed by atoms with E-state index in [1.54, 1.807) is 12.1 Å². The predicted octanol–water partition coefficient (Wildman–Crippen LogP) is 0.461. The number of aliphatic hydroxyl groups is 1. The van der Waals surface area contributed by atoms with Gasteiger partial charge in [-0.2, -0.15) is 0 Å². The van der Waals surface area contributed by atoms with Crippen LogP contribution < -0.4 is 4.74 Å². The molecule has 1 aromatic carbocycles. The van der Waals surface area contributed by atoms with Crippen molar-refractivity contribution in [1.29, 1.82) is 0 Å². The molecule has 118 valence electrons. The number of esters is 1. The van der Waals surface area contributed by atoms with Crippen molar-refractivity contribution in [2.75, 3.05) is 20.8 Å². The number of hydrogen-bond donors (Lipinski definition) is 1. The second-order valence-electron chi connectivity index (χ2n) is 4.97. The van der Waals surface area contributed by atoms with E-state index in [0.29, 0.717) is 5.75 Å². The van der Waals surface area contributed by atoms with Crippen LogP contribution in [0.5, 0.6) is 5.75 Å². The van der Waals surface area contributed by atoms with Gasteiger partial charge in [0.25, 0.3) is 11.8 Å². The molecule has 1 aliphatic rings.